The zero-order valence-electron chi connectivity index (χ0n) is 7.47. The second-order valence-electron chi connectivity index (χ2n) is 2.64. The number of hydroxylamine groups is 1. The largest absolute Gasteiger partial charge is 0.294 e. The number of nitrogens with one attached hydrogen (secondary N) is 1. The number of aryl methyl sites for hydroxylation is 1. The molecule has 0 heterocycles. The van der Waals surface area contributed by atoms with E-state index in [1.54, 1.807) is 24.5 Å². The molecule has 1 aromatic rings. The first kappa shape index (κ1) is 10.1. The van der Waals surface area contributed by atoms with Crippen LogP contribution in [0, 0.1) is 17.0 Å². The van der Waals surface area contributed by atoms with Crippen molar-refractivity contribution >= 4 is 17.7 Å². The third kappa shape index (κ3) is 2.27. The molecule has 0 aliphatic heterocycles. The molecule has 0 spiro atoms. The summed E-state index contributed by atoms with van der Waals surface area (Å²) < 4.78 is 0. The fourth-order valence-corrected chi connectivity index (χ4v) is 0.990. The van der Waals surface area contributed by atoms with Crippen LogP contribution in [0.25, 0.3) is 0 Å². The van der Waals surface area contributed by atoms with Crippen molar-refractivity contribution in [3.8, 4) is 0 Å². The second-order valence-corrected chi connectivity index (χ2v) is 2.64. The van der Waals surface area contributed by atoms with Gasteiger partial charge in [-0.15, -0.1) is 0 Å². The van der Waals surface area contributed by atoms with Crippen LogP contribution in [-0.4, -0.2) is 16.5 Å². The first-order valence-electron chi connectivity index (χ1n) is 3.82. The number of aliphatic imine (C=N–C) groups is 1. The van der Waals surface area contributed by atoms with E-state index in [1.165, 1.54) is 6.07 Å². The second kappa shape index (κ2) is 4.33. The van der Waals surface area contributed by atoms with Crippen LogP contribution in [0.3, 0.4) is 0 Å². The molecule has 0 aromatic heterocycles. The molecule has 2 N–H and O–H groups in total. The van der Waals surface area contributed by atoms with Crippen LogP contribution in [0.5, 0.6) is 0 Å². The Labute approximate surface area is 80.0 Å². The summed E-state index contributed by atoms with van der Waals surface area (Å²) in [6.07, 6.45) is 0.974. The maximum absolute atomic E-state index is 10.5. The molecule has 6 heteroatoms. The van der Waals surface area contributed by atoms with Crippen molar-refractivity contribution in [1.82, 2.24) is 5.48 Å². The first-order valence-corrected chi connectivity index (χ1v) is 3.82. The lowest BCUT2D eigenvalue weighted by Gasteiger charge is -1.98. The summed E-state index contributed by atoms with van der Waals surface area (Å²) in [7, 11) is 0. The Morgan fingerprint density at radius 2 is 2.36 bits per heavy atom. The number of hydrogen-bond acceptors (Lipinski definition) is 4. The van der Waals surface area contributed by atoms with Gasteiger partial charge in [-0.1, -0.05) is 6.07 Å². The molecule has 0 radical (unpaired) electrons. The molecule has 0 amide bonds. The standard InChI is InChI=1S/C8H9N3O3/c1-6-2-3-8(11(13)14)7(4-6)9-5-10-12/h2-5,12H,1H3,(H,9,10). The van der Waals surface area contributed by atoms with Gasteiger partial charge >= 0.3 is 0 Å². The number of nitrogens with zero attached hydrogens (tertiary/aromatic N) is 2. The predicted octanol–water partition coefficient (Wildman–Crippen LogP) is 1.54. The molecule has 0 unspecified atom stereocenters. The summed E-state index contributed by atoms with van der Waals surface area (Å²) in [5.74, 6) is 0. The first-order chi connectivity index (χ1) is 6.65. The minimum absolute atomic E-state index is 0.0953. The maximum Gasteiger partial charge on any atom is 0.294 e. The maximum atomic E-state index is 10.5. The minimum atomic E-state index is -0.524. The molecule has 0 saturated heterocycles. The lowest BCUT2D eigenvalue weighted by atomic mass is 10.2. The Kier molecular flexibility index (Phi) is 3.14. The molecule has 1 aromatic carbocycles. The van der Waals surface area contributed by atoms with Gasteiger partial charge in [0.25, 0.3) is 5.69 Å². The van der Waals surface area contributed by atoms with E-state index in [1.807, 2.05) is 0 Å². The lowest BCUT2D eigenvalue weighted by molar-refractivity contribution is -0.384. The van der Waals surface area contributed by atoms with Gasteiger partial charge in [-0.2, -0.15) is 0 Å². The van der Waals surface area contributed by atoms with Crippen LogP contribution >= 0.6 is 0 Å². The molecule has 0 bridgehead atoms. The van der Waals surface area contributed by atoms with E-state index in [4.69, 9.17) is 5.21 Å². The van der Waals surface area contributed by atoms with Crippen LogP contribution < -0.4 is 5.48 Å². The summed E-state index contributed by atoms with van der Waals surface area (Å²) in [6.45, 7) is 1.80. The van der Waals surface area contributed by atoms with E-state index in [-0.39, 0.29) is 11.4 Å². The Balaban J connectivity index is 3.15. The molecule has 6 nitrogen and oxygen atoms in total. The predicted molar refractivity (Wildman–Crippen MR) is 50.9 cm³/mol. The Morgan fingerprint density at radius 1 is 1.64 bits per heavy atom. The number of nitro benzene ring substituents is 1. The third-order valence-electron chi connectivity index (χ3n) is 1.59. The van der Waals surface area contributed by atoms with Gasteiger partial charge in [0.2, 0.25) is 0 Å². The molecule has 74 valence electrons. The van der Waals surface area contributed by atoms with E-state index in [2.05, 4.69) is 4.99 Å². The Hall–Kier alpha value is -1.95. The van der Waals surface area contributed by atoms with Gasteiger partial charge in [-0.05, 0) is 18.6 Å². The van der Waals surface area contributed by atoms with Crippen molar-refractivity contribution in [1.29, 1.82) is 0 Å². The summed E-state index contributed by atoms with van der Waals surface area (Å²) in [5, 5.41) is 18.8. The molecule has 0 saturated carbocycles. The van der Waals surface area contributed by atoms with E-state index in [0.29, 0.717) is 0 Å². The van der Waals surface area contributed by atoms with E-state index < -0.39 is 4.92 Å². The monoisotopic (exact) mass is 195 g/mol. The normalized spacial score (nSPS) is 10.4. The van der Waals surface area contributed by atoms with E-state index in [0.717, 1.165) is 11.9 Å². The van der Waals surface area contributed by atoms with Gasteiger partial charge in [0.15, 0.2) is 0 Å². The van der Waals surface area contributed by atoms with Gasteiger partial charge < -0.3 is 0 Å². The number of benzene rings is 1. The van der Waals surface area contributed by atoms with Crippen molar-refractivity contribution in [3.63, 3.8) is 0 Å². The summed E-state index contributed by atoms with van der Waals surface area (Å²) in [6, 6.07) is 4.56. The highest BCUT2D eigenvalue weighted by molar-refractivity contribution is 5.67. The highest BCUT2D eigenvalue weighted by Crippen LogP contribution is 2.27. The quantitative estimate of drug-likeness (QED) is 0.331. The van der Waals surface area contributed by atoms with Gasteiger partial charge in [-0.25, -0.2) is 4.99 Å². The van der Waals surface area contributed by atoms with Crippen LogP contribution in [0.15, 0.2) is 23.2 Å². The minimum Gasteiger partial charge on any atom is -0.290 e. The number of hydrogen-bond donors (Lipinski definition) is 2. The van der Waals surface area contributed by atoms with Crippen LogP contribution in [-0.2, 0) is 0 Å². The van der Waals surface area contributed by atoms with Crippen molar-refractivity contribution in [3.05, 3.63) is 33.9 Å². The van der Waals surface area contributed by atoms with Crippen LogP contribution in [0.4, 0.5) is 11.4 Å². The molecule has 0 fully saturated rings. The SMILES string of the molecule is Cc1ccc([N+](=O)[O-])c(N=CNO)c1. The fraction of sp³-hybridized carbons (Fsp3) is 0.125. The molecule has 0 aliphatic rings. The molecule has 1 rings (SSSR count). The highest BCUT2D eigenvalue weighted by Gasteiger charge is 2.11. The van der Waals surface area contributed by atoms with Crippen molar-refractivity contribution in [2.24, 2.45) is 4.99 Å². The van der Waals surface area contributed by atoms with Crippen molar-refractivity contribution < 1.29 is 10.1 Å². The molecular formula is C8H9N3O3. The van der Waals surface area contributed by atoms with E-state index in [9.17, 15) is 10.1 Å². The summed E-state index contributed by atoms with van der Waals surface area (Å²) in [5.41, 5.74) is 2.66. The van der Waals surface area contributed by atoms with Gasteiger partial charge in [0.05, 0.1) is 4.92 Å². The smallest absolute Gasteiger partial charge is 0.290 e. The van der Waals surface area contributed by atoms with Crippen molar-refractivity contribution in [2.45, 2.75) is 6.92 Å². The molecule has 14 heavy (non-hydrogen) atoms. The third-order valence-corrected chi connectivity index (χ3v) is 1.59. The van der Waals surface area contributed by atoms with E-state index >= 15 is 0 Å². The van der Waals surface area contributed by atoms with Crippen molar-refractivity contribution in [2.75, 3.05) is 0 Å². The topological polar surface area (TPSA) is 87.8 Å². The fourth-order valence-electron chi connectivity index (χ4n) is 0.990. The zero-order chi connectivity index (χ0) is 10.6. The summed E-state index contributed by atoms with van der Waals surface area (Å²) in [4.78, 5) is 13.7. The number of rotatable bonds is 3. The highest BCUT2D eigenvalue weighted by atomic mass is 16.6. The Bertz CT molecular complexity index is 376. The number of nitro groups is 1. The lowest BCUT2D eigenvalue weighted by Crippen LogP contribution is -2.01. The van der Waals surface area contributed by atoms with Gasteiger partial charge in [0, 0.05) is 6.07 Å². The van der Waals surface area contributed by atoms with Crippen LogP contribution in [0.1, 0.15) is 5.56 Å². The molecule has 0 atom stereocenters. The Morgan fingerprint density at radius 3 is 2.93 bits per heavy atom. The average Bonchev–Trinajstić information content (AvgIpc) is 2.14. The molecular weight excluding hydrogens is 186 g/mol. The molecule has 0 aliphatic carbocycles. The van der Waals surface area contributed by atoms with Gasteiger partial charge in [0.1, 0.15) is 12.0 Å². The van der Waals surface area contributed by atoms with Crippen LogP contribution in [0.2, 0.25) is 0 Å². The van der Waals surface area contributed by atoms with Gasteiger partial charge in [-0.3, -0.25) is 20.8 Å². The summed E-state index contributed by atoms with van der Waals surface area (Å²) >= 11 is 0. The zero-order valence-corrected chi connectivity index (χ0v) is 7.47. The average molecular weight is 195 g/mol.